The predicted octanol–water partition coefficient (Wildman–Crippen LogP) is 1.83. The summed E-state index contributed by atoms with van der Waals surface area (Å²) in [6.07, 6.45) is 2.80. The molecule has 1 aromatic rings. The molecule has 1 aliphatic heterocycles. The number of anilines is 1. The molecule has 1 heterocycles. The lowest BCUT2D eigenvalue weighted by molar-refractivity contribution is -0.137. The zero-order chi connectivity index (χ0) is 13.8. The van der Waals surface area contributed by atoms with E-state index < -0.39 is 5.97 Å². The highest BCUT2D eigenvalue weighted by atomic mass is 16.4. The molecule has 2 rings (SSSR count). The Balaban J connectivity index is 1.89. The zero-order valence-electron chi connectivity index (χ0n) is 10.7. The molecule has 1 aromatic carbocycles. The lowest BCUT2D eigenvalue weighted by Crippen LogP contribution is -2.10. The fourth-order valence-electron chi connectivity index (χ4n) is 2.29. The van der Waals surface area contributed by atoms with Gasteiger partial charge in [-0.3, -0.25) is 9.59 Å². The van der Waals surface area contributed by atoms with Gasteiger partial charge in [-0.05, 0) is 30.0 Å². The molecule has 1 amide bonds. The van der Waals surface area contributed by atoms with Crippen molar-refractivity contribution in [2.45, 2.75) is 38.1 Å². The third-order valence-electron chi connectivity index (χ3n) is 3.34. The molecule has 1 atom stereocenters. The molecule has 1 unspecified atom stereocenters. The quantitative estimate of drug-likeness (QED) is 0.682. The monoisotopic (exact) mass is 262 g/mol. The van der Waals surface area contributed by atoms with Gasteiger partial charge >= 0.3 is 5.97 Å². The maximum Gasteiger partial charge on any atom is 0.303 e. The first-order valence-corrected chi connectivity index (χ1v) is 6.46. The second kappa shape index (κ2) is 5.84. The molecular weight excluding hydrogens is 244 g/mol. The Labute approximate surface area is 111 Å². The number of benzene rings is 1. The number of hydrogen-bond donors (Lipinski definition) is 3. The van der Waals surface area contributed by atoms with Crippen LogP contribution in [0.4, 0.5) is 5.69 Å². The molecule has 19 heavy (non-hydrogen) atoms. The van der Waals surface area contributed by atoms with Gasteiger partial charge in [0.15, 0.2) is 0 Å². The number of nitrogens with two attached hydrogens (primary N) is 1. The smallest absolute Gasteiger partial charge is 0.303 e. The first kappa shape index (κ1) is 13.5. The summed E-state index contributed by atoms with van der Waals surface area (Å²) in [5.74, 6) is -0.752. The molecule has 102 valence electrons. The molecule has 0 saturated carbocycles. The van der Waals surface area contributed by atoms with Gasteiger partial charge in [-0.15, -0.1) is 0 Å². The Bertz CT molecular complexity index is 499. The molecule has 0 aromatic heterocycles. The molecular formula is C14H18N2O3. The minimum atomic E-state index is -0.768. The number of amides is 1. The van der Waals surface area contributed by atoms with Crippen molar-refractivity contribution in [3.8, 4) is 0 Å². The van der Waals surface area contributed by atoms with E-state index in [4.69, 9.17) is 10.8 Å². The predicted molar refractivity (Wildman–Crippen MR) is 71.8 cm³/mol. The van der Waals surface area contributed by atoms with Gasteiger partial charge in [0, 0.05) is 18.2 Å². The third kappa shape index (κ3) is 3.54. The standard InChI is InChI=1S/C14H18N2O3/c15-11(3-1-2-4-14(18)19)9-5-6-12-10(7-9)8-13(17)16-12/h5-7,11H,1-4,8,15H2,(H,16,17)(H,18,19). The third-order valence-corrected chi connectivity index (χ3v) is 3.34. The van der Waals surface area contributed by atoms with Gasteiger partial charge < -0.3 is 16.2 Å². The van der Waals surface area contributed by atoms with Crippen LogP contribution >= 0.6 is 0 Å². The lowest BCUT2D eigenvalue weighted by atomic mass is 9.98. The molecule has 0 radical (unpaired) electrons. The van der Waals surface area contributed by atoms with Crippen LogP contribution < -0.4 is 11.1 Å². The van der Waals surface area contributed by atoms with Gasteiger partial charge in [-0.2, -0.15) is 0 Å². The maximum atomic E-state index is 11.3. The average Bonchev–Trinajstić information content (AvgIpc) is 2.73. The van der Waals surface area contributed by atoms with Gasteiger partial charge in [-0.25, -0.2) is 0 Å². The van der Waals surface area contributed by atoms with E-state index in [2.05, 4.69) is 5.32 Å². The molecule has 0 saturated heterocycles. The summed E-state index contributed by atoms with van der Waals surface area (Å²) in [4.78, 5) is 21.7. The Morgan fingerprint density at radius 1 is 1.42 bits per heavy atom. The van der Waals surface area contributed by atoms with Crippen LogP contribution in [0.5, 0.6) is 0 Å². The summed E-state index contributed by atoms with van der Waals surface area (Å²) in [7, 11) is 0. The number of hydrogen-bond acceptors (Lipinski definition) is 3. The van der Waals surface area contributed by atoms with Gasteiger partial charge in [0.2, 0.25) is 5.91 Å². The van der Waals surface area contributed by atoms with Crippen molar-refractivity contribution in [2.24, 2.45) is 5.73 Å². The molecule has 5 heteroatoms. The van der Waals surface area contributed by atoms with Crippen molar-refractivity contribution in [3.05, 3.63) is 29.3 Å². The fraction of sp³-hybridized carbons (Fsp3) is 0.429. The molecule has 4 N–H and O–H groups in total. The number of carbonyl (C=O) groups excluding carboxylic acids is 1. The molecule has 1 aliphatic rings. The Hall–Kier alpha value is -1.88. The second-order valence-electron chi connectivity index (χ2n) is 4.89. The van der Waals surface area contributed by atoms with E-state index in [0.29, 0.717) is 12.8 Å². The normalized spacial score (nSPS) is 14.9. The summed E-state index contributed by atoms with van der Waals surface area (Å²) < 4.78 is 0. The van der Waals surface area contributed by atoms with Crippen LogP contribution in [0, 0.1) is 0 Å². The first-order valence-electron chi connectivity index (χ1n) is 6.46. The highest BCUT2D eigenvalue weighted by Gasteiger charge is 2.18. The highest BCUT2D eigenvalue weighted by molar-refractivity contribution is 5.99. The largest absolute Gasteiger partial charge is 0.481 e. The van der Waals surface area contributed by atoms with Crippen LogP contribution in [0.2, 0.25) is 0 Å². The van der Waals surface area contributed by atoms with Crippen molar-refractivity contribution in [1.29, 1.82) is 0 Å². The molecule has 5 nitrogen and oxygen atoms in total. The number of carboxylic acid groups (broad SMARTS) is 1. The van der Waals surface area contributed by atoms with E-state index in [1.165, 1.54) is 0 Å². The Morgan fingerprint density at radius 3 is 2.95 bits per heavy atom. The minimum absolute atomic E-state index is 0.0159. The number of nitrogens with one attached hydrogen (secondary N) is 1. The second-order valence-corrected chi connectivity index (χ2v) is 4.89. The first-order chi connectivity index (χ1) is 9.06. The molecule has 0 fully saturated rings. The number of fused-ring (bicyclic) bond motifs is 1. The van der Waals surface area contributed by atoms with E-state index in [9.17, 15) is 9.59 Å². The SMILES string of the molecule is NC(CCCCC(=O)O)c1ccc2c(c1)CC(=O)N2. The summed E-state index contributed by atoms with van der Waals surface area (Å²) in [5.41, 5.74) is 8.95. The summed E-state index contributed by atoms with van der Waals surface area (Å²) in [5, 5.41) is 11.3. The van der Waals surface area contributed by atoms with Crippen LogP contribution in [-0.4, -0.2) is 17.0 Å². The number of carbonyl (C=O) groups is 2. The number of unbranched alkanes of at least 4 members (excludes halogenated alkanes) is 1. The highest BCUT2D eigenvalue weighted by Crippen LogP contribution is 2.27. The Kier molecular flexibility index (Phi) is 4.16. The van der Waals surface area contributed by atoms with Crippen molar-refractivity contribution in [3.63, 3.8) is 0 Å². The van der Waals surface area contributed by atoms with E-state index >= 15 is 0 Å². The van der Waals surface area contributed by atoms with Gasteiger partial charge in [0.05, 0.1) is 6.42 Å². The zero-order valence-corrected chi connectivity index (χ0v) is 10.7. The summed E-state index contributed by atoms with van der Waals surface area (Å²) >= 11 is 0. The minimum Gasteiger partial charge on any atom is -0.481 e. The average molecular weight is 262 g/mol. The van der Waals surface area contributed by atoms with Gasteiger partial charge in [-0.1, -0.05) is 18.6 Å². The van der Waals surface area contributed by atoms with E-state index in [-0.39, 0.29) is 18.4 Å². The molecule has 0 bridgehead atoms. The fourth-order valence-corrected chi connectivity index (χ4v) is 2.29. The lowest BCUT2D eigenvalue weighted by Gasteiger charge is -2.12. The van der Waals surface area contributed by atoms with Crippen LogP contribution in [0.1, 0.15) is 42.9 Å². The van der Waals surface area contributed by atoms with E-state index in [1.807, 2.05) is 18.2 Å². The van der Waals surface area contributed by atoms with Crippen molar-refractivity contribution in [1.82, 2.24) is 0 Å². The topological polar surface area (TPSA) is 92.4 Å². The Morgan fingerprint density at radius 2 is 2.21 bits per heavy atom. The van der Waals surface area contributed by atoms with Crippen molar-refractivity contribution < 1.29 is 14.7 Å². The summed E-state index contributed by atoms with van der Waals surface area (Å²) in [6, 6.07) is 5.67. The summed E-state index contributed by atoms with van der Waals surface area (Å²) in [6.45, 7) is 0. The maximum absolute atomic E-state index is 11.3. The van der Waals surface area contributed by atoms with Gasteiger partial charge in [0.1, 0.15) is 0 Å². The van der Waals surface area contributed by atoms with E-state index in [0.717, 1.165) is 29.7 Å². The van der Waals surface area contributed by atoms with Crippen molar-refractivity contribution in [2.75, 3.05) is 5.32 Å². The van der Waals surface area contributed by atoms with Crippen LogP contribution in [0.15, 0.2) is 18.2 Å². The number of aliphatic carboxylic acids is 1. The van der Waals surface area contributed by atoms with Crippen LogP contribution in [0.25, 0.3) is 0 Å². The van der Waals surface area contributed by atoms with E-state index in [1.54, 1.807) is 0 Å². The number of rotatable bonds is 6. The van der Waals surface area contributed by atoms with Crippen molar-refractivity contribution >= 4 is 17.6 Å². The number of carboxylic acids is 1. The molecule has 0 aliphatic carbocycles. The van der Waals surface area contributed by atoms with Crippen LogP contribution in [0.3, 0.4) is 0 Å². The van der Waals surface area contributed by atoms with Gasteiger partial charge in [0.25, 0.3) is 0 Å². The molecule has 0 spiro atoms. The van der Waals surface area contributed by atoms with Crippen LogP contribution in [-0.2, 0) is 16.0 Å².